The van der Waals surface area contributed by atoms with Crippen molar-refractivity contribution in [3.05, 3.63) is 124 Å². The summed E-state index contributed by atoms with van der Waals surface area (Å²) in [5.41, 5.74) is 9.33. The van der Waals surface area contributed by atoms with Crippen LogP contribution in [0.3, 0.4) is 0 Å². The van der Waals surface area contributed by atoms with Crippen LogP contribution in [0.4, 0.5) is 0 Å². The Balaban J connectivity index is 1.60. The lowest BCUT2D eigenvalue weighted by Crippen LogP contribution is -2.37. The quantitative estimate of drug-likeness (QED) is 0.259. The van der Waals surface area contributed by atoms with Crippen LogP contribution in [0.2, 0.25) is 0 Å². The van der Waals surface area contributed by atoms with Gasteiger partial charge in [-0.2, -0.15) is 0 Å². The molecule has 36 heavy (non-hydrogen) atoms. The highest BCUT2D eigenvalue weighted by atomic mass is 16.3. The predicted octanol–water partition coefficient (Wildman–Crippen LogP) is 7.27. The van der Waals surface area contributed by atoms with Gasteiger partial charge < -0.3 is 9.67 Å². The van der Waals surface area contributed by atoms with Gasteiger partial charge in [0.15, 0.2) is 0 Å². The number of aliphatic hydroxyl groups is 1. The first kappa shape index (κ1) is 25.9. The number of hydrogen-bond acceptors (Lipinski definition) is 2. The van der Waals surface area contributed by atoms with E-state index in [-0.39, 0.29) is 5.92 Å². The monoisotopic (exact) mass is 480 g/mol. The summed E-state index contributed by atoms with van der Waals surface area (Å²) >= 11 is 0. The zero-order chi connectivity index (χ0) is 25.7. The topological polar surface area (TPSA) is 38.1 Å². The van der Waals surface area contributed by atoms with Crippen molar-refractivity contribution in [3.8, 4) is 0 Å². The number of aromatic nitrogens is 2. The van der Waals surface area contributed by atoms with Crippen LogP contribution < -0.4 is 0 Å². The van der Waals surface area contributed by atoms with Crippen molar-refractivity contribution < 1.29 is 5.11 Å². The fraction of sp³-hybridized carbons (Fsp3) is 0.364. The lowest BCUT2D eigenvalue weighted by atomic mass is 9.74. The van der Waals surface area contributed by atoms with Crippen LogP contribution in [0.15, 0.2) is 79.3 Å². The number of benzene rings is 3. The third-order valence-corrected chi connectivity index (χ3v) is 8.04. The van der Waals surface area contributed by atoms with Gasteiger partial charge in [0, 0.05) is 24.4 Å². The number of aryl methyl sites for hydroxylation is 5. The maximum absolute atomic E-state index is 12.4. The Morgan fingerprint density at radius 1 is 0.778 bits per heavy atom. The highest BCUT2D eigenvalue weighted by molar-refractivity contribution is 5.39. The number of nitrogens with zero attached hydrogens (tertiary/aromatic N) is 2. The molecular formula is C33H40N2O. The van der Waals surface area contributed by atoms with Crippen LogP contribution in [0.1, 0.15) is 70.3 Å². The van der Waals surface area contributed by atoms with Gasteiger partial charge in [-0.25, -0.2) is 4.98 Å². The van der Waals surface area contributed by atoms with Gasteiger partial charge in [0.05, 0.1) is 11.9 Å². The summed E-state index contributed by atoms with van der Waals surface area (Å²) in [6.07, 6.45) is 6.93. The lowest BCUT2D eigenvalue weighted by Gasteiger charge is -2.37. The largest absolute Gasteiger partial charge is 0.389 e. The van der Waals surface area contributed by atoms with Gasteiger partial charge in [-0.1, -0.05) is 73.7 Å². The summed E-state index contributed by atoms with van der Waals surface area (Å²) < 4.78 is 2.21. The Bertz CT molecular complexity index is 1250. The van der Waals surface area contributed by atoms with E-state index in [1.54, 1.807) is 0 Å². The van der Waals surface area contributed by atoms with Gasteiger partial charge in [0.2, 0.25) is 0 Å². The molecule has 3 aromatic carbocycles. The third kappa shape index (κ3) is 5.79. The third-order valence-electron chi connectivity index (χ3n) is 8.04. The fourth-order valence-corrected chi connectivity index (χ4v) is 5.75. The second kappa shape index (κ2) is 11.3. The van der Waals surface area contributed by atoms with Gasteiger partial charge in [-0.3, -0.25) is 0 Å². The SMILES string of the molecule is Cc1cccc(C)c1CCC(O)(CCc1cncn1Cc1ccccc1)C(C)c1c(C)cccc1C. The first-order valence-electron chi connectivity index (χ1n) is 13.1. The van der Waals surface area contributed by atoms with E-state index in [0.717, 1.165) is 31.5 Å². The number of imidazole rings is 1. The first-order valence-corrected chi connectivity index (χ1v) is 13.1. The second-order valence-corrected chi connectivity index (χ2v) is 10.5. The first-order chi connectivity index (χ1) is 17.3. The van der Waals surface area contributed by atoms with Crippen LogP contribution >= 0.6 is 0 Å². The van der Waals surface area contributed by atoms with Crippen molar-refractivity contribution in [2.45, 2.75) is 78.4 Å². The zero-order valence-corrected chi connectivity index (χ0v) is 22.5. The van der Waals surface area contributed by atoms with Gasteiger partial charge in [-0.05, 0) is 92.3 Å². The maximum Gasteiger partial charge on any atom is 0.0951 e. The van der Waals surface area contributed by atoms with Crippen LogP contribution in [0.5, 0.6) is 0 Å². The minimum absolute atomic E-state index is 0.0218. The van der Waals surface area contributed by atoms with E-state index in [4.69, 9.17) is 0 Å². The molecule has 4 aromatic rings. The van der Waals surface area contributed by atoms with Crippen molar-refractivity contribution in [1.82, 2.24) is 9.55 Å². The van der Waals surface area contributed by atoms with Crippen molar-refractivity contribution in [2.24, 2.45) is 0 Å². The average Bonchev–Trinajstić information content (AvgIpc) is 3.30. The summed E-state index contributed by atoms with van der Waals surface area (Å²) in [5, 5.41) is 12.4. The molecule has 0 aliphatic carbocycles. The van der Waals surface area contributed by atoms with Crippen molar-refractivity contribution in [3.63, 3.8) is 0 Å². The van der Waals surface area contributed by atoms with Gasteiger partial charge in [0.25, 0.3) is 0 Å². The van der Waals surface area contributed by atoms with E-state index in [1.165, 1.54) is 38.9 Å². The molecule has 0 saturated carbocycles. The molecule has 0 fully saturated rings. The molecule has 1 aromatic heterocycles. The van der Waals surface area contributed by atoms with Crippen LogP contribution in [0, 0.1) is 27.7 Å². The maximum atomic E-state index is 12.4. The average molecular weight is 481 g/mol. The minimum atomic E-state index is -0.840. The second-order valence-electron chi connectivity index (χ2n) is 10.5. The molecule has 2 unspecified atom stereocenters. The normalized spacial score (nSPS) is 13.9. The summed E-state index contributed by atoms with van der Waals surface area (Å²) in [4.78, 5) is 4.45. The molecule has 4 rings (SSSR count). The Morgan fingerprint density at radius 3 is 2.00 bits per heavy atom. The molecule has 1 N–H and O–H groups in total. The molecule has 0 aliphatic rings. The summed E-state index contributed by atoms with van der Waals surface area (Å²) in [6, 6.07) is 23.4. The highest BCUT2D eigenvalue weighted by Crippen LogP contribution is 2.39. The van der Waals surface area contributed by atoms with E-state index in [1.807, 2.05) is 18.6 Å². The van der Waals surface area contributed by atoms with E-state index >= 15 is 0 Å². The lowest BCUT2D eigenvalue weighted by molar-refractivity contribution is 0.000119. The van der Waals surface area contributed by atoms with Crippen molar-refractivity contribution >= 4 is 0 Å². The van der Waals surface area contributed by atoms with Crippen molar-refractivity contribution in [1.29, 1.82) is 0 Å². The molecule has 0 radical (unpaired) electrons. The molecule has 3 nitrogen and oxygen atoms in total. The highest BCUT2D eigenvalue weighted by Gasteiger charge is 2.36. The van der Waals surface area contributed by atoms with Crippen LogP contribution in [0.25, 0.3) is 0 Å². The Kier molecular flexibility index (Phi) is 8.11. The minimum Gasteiger partial charge on any atom is -0.389 e. The fourth-order valence-electron chi connectivity index (χ4n) is 5.75. The predicted molar refractivity (Wildman–Crippen MR) is 150 cm³/mol. The van der Waals surface area contributed by atoms with E-state index in [0.29, 0.717) is 6.42 Å². The molecule has 2 atom stereocenters. The van der Waals surface area contributed by atoms with E-state index < -0.39 is 5.60 Å². The van der Waals surface area contributed by atoms with Gasteiger partial charge in [0.1, 0.15) is 0 Å². The molecule has 0 aliphatic heterocycles. The van der Waals surface area contributed by atoms with Gasteiger partial charge >= 0.3 is 0 Å². The summed E-state index contributed by atoms with van der Waals surface area (Å²) in [6.45, 7) is 11.7. The Hall–Kier alpha value is -3.17. The Labute approximate surface area is 216 Å². The summed E-state index contributed by atoms with van der Waals surface area (Å²) in [5.74, 6) is 0.0218. The molecule has 0 saturated heterocycles. The van der Waals surface area contributed by atoms with E-state index in [2.05, 4.69) is 105 Å². The molecular weight excluding hydrogens is 440 g/mol. The molecule has 1 heterocycles. The van der Waals surface area contributed by atoms with Crippen LogP contribution in [-0.4, -0.2) is 20.3 Å². The standard InChI is InChI=1S/C33H40N2O/c1-24-11-9-12-25(2)31(24)18-20-33(36,28(5)32-26(3)13-10-14-27(32)4)19-17-30-21-34-23-35(30)22-29-15-7-6-8-16-29/h6-16,21,23,28,36H,17-20,22H2,1-5H3. The van der Waals surface area contributed by atoms with E-state index in [9.17, 15) is 5.11 Å². The number of rotatable bonds is 10. The number of hydrogen-bond donors (Lipinski definition) is 1. The zero-order valence-electron chi connectivity index (χ0n) is 22.5. The van der Waals surface area contributed by atoms with Crippen molar-refractivity contribution in [2.75, 3.05) is 0 Å². The molecule has 0 amide bonds. The van der Waals surface area contributed by atoms with Crippen LogP contribution in [-0.2, 0) is 19.4 Å². The molecule has 188 valence electrons. The van der Waals surface area contributed by atoms with Gasteiger partial charge in [-0.15, -0.1) is 0 Å². The smallest absolute Gasteiger partial charge is 0.0951 e. The molecule has 3 heteroatoms. The Morgan fingerprint density at radius 2 is 1.36 bits per heavy atom. The summed E-state index contributed by atoms with van der Waals surface area (Å²) in [7, 11) is 0. The molecule has 0 spiro atoms. The molecule has 0 bridgehead atoms.